The molecule has 17 heavy (non-hydrogen) atoms. The summed E-state index contributed by atoms with van der Waals surface area (Å²) in [6.45, 7) is 2.06. The van der Waals surface area contributed by atoms with Gasteiger partial charge in [0.1, 0.15) is 5.75 Å². The van der Waals surface area contributed by atoms with Crippen molar-refractivity contribution in [1.82, 2.24) is 4.98 Å². The van der Waals surface area contributed by atoms with E-state index in [0.717, 1.165) is 19.6 Å². The van der Waals surface area contributed by atoms with Crippen molar-refractivity contribution < 1.29 is 14.7 Å². The molecule has 2 rings (SSSR count). The zero-order valence-electron chi connectivity index (χ0n) is 9.37. The van der Waals surface area contributed by atoms with Gasteiger partial charge in [0, 0.05) is 18.7 Å². The smallest absolute Gasteiger partial charge is 0.192 e. The molecule has 0 aromatic carbocycles. The van der Waals surface area contributed by atoms with Crippen molar-refractivity contribution >= 4 is 5.84 Å². The van der Waals surface area contributed by atoms with Gasteiger partial charge in [0.05, 0.1) is 13.2 Å². The first-order valence-corrected chi connectivity index (χ1v) is 5.44. The third-order valence-corrected chi connectivity index (χ3v) is 2.62. The third kappa shape index (κ3) is 2.85. The minimum absolute atomic E-state index is 0.0525. The molecule has 1 unspecified atom stereocenters. The topological polar surface area (TPSA) is 90.0 Å². The van der Waals surface area contributed by atoms with E-state index in [2.05, 4.69) is 10.1 Å². The summed E-state index contributed by atoms with van der Waals surface area (Å²) >= 11 is 0. The van der Waals surface area contributed by atoms with Crippen LogP contribution in [0.3, 0.4) is 0 Å². The second-order valence-corrected chi connectivity index (χ2v) is 3.88. The number of nitrogens with zero attached hydrogens (tertiary/aromatic N) is 2. The molecule has 0 bridgehead atoms. The zero-order chi connectivity index (χ0) is 12.1. The van der Waals surface area contributed by atoms with Crippen LogP contribution in [0.2, 0.25) is 0 Å². The molecule has 92 valence electrons. The van der Waals surface area contributed by atoms with Gasteiger partial charge < -0.3 is 20.4 Å². The highest BCUT2D eigenvalue weighted by Gasteiger charge is 2.17. The molecule has 2 heterocycles. The molecule has 1 saturated heterocycles. The van der Waals surface area contributed by atoms with E-state index in [1.807, 2.05) is 0 Å². The summed E-state index contributed by atoms with van der Waals surface area (Å²) in [5, 5.41) is 11.6. The highest BCUT2D eigenvalue weighted by atomic mass is 16.5. The molecule has 0 amide bonds. The third-order valence-electron chi connectivity index (χ3n) is 2.62. The molecule has 0 aliphatic carbocycles. The van der Waals surface area contributed by atoms with Crippen LogP contribution in [0.4, 0.5) is 0 Å². The van der Waals surface area contributed by atoms with Gasteiger partial charge in [-0.1, -0.05) is 5.16 Å². The molecule has 6 nitrogen and oxygen atoms in total. The summed E-state index contributed by atoms with van der Waals surface area (Å²) in [6, 6.07) is 3.49. The molecule has 1 aromatic heterocycles. The number of pyridine rings is 1. The van der Waals surface area contributed by atoms with Crippen molar-refractivity contribution in [3.63, 3.8) is 0 Å². The van der Waals surface area contributed by atoms with Crippen LogP contribution >= 0.6 is 0 Å². The van der Waals surface area contributed by atoms with E-state index in [4.69, 9.17) is 20.4 Å². The maximum absolute atomic E-state index is 8.64. The van der Waals surface area contributed by atoms with Gasteiger partial charge in [-0.25, -0.2) is 4.98 Å². The van der Waals surface area contributed by atoms with Gasteiger partial charge in [-0.3, -0.25) is 0 Å². The van der Waals surface area contributed by atoms with Gasteiger partial charge in [-0.05, 0) is 18.6 Å². The van der Waals surface area contributed by atoms with Crippen molar-refractivity contribution in [3.05, 3.63) is 24.0 Å². The molecule has 0 radical (unpaired) electrons. The first-order valence-electron chi connectivity index (χ1n) is 5.44. The molecule has 0 saturated carbocycles. The molecule has 1 aliphatic heterocycles. The second-order valence-electron chi connectivity index (χ2n) is 3.88. The van der Waals surface area contributed by atoms with Crippen molar-refractivity contribution in [3.8, 4) is 5.75 Å². The van der Waals surface area contributed by atoms with Gasteiger partial charge >= 0.3 is 0 Å². The molecule has 3 N–H and O–H groups in total. The Balaban J connectivity index is 2.04. The lowest BCUT2D eigenvalue weighted by Gasteiger charge is -2.12. The fraction of sp³-hybridized carbons (Fsp3) is 0.455. The Morgan fingerprint density at radius 3 is 3.29 bits per heavy atom. The van der Waals surface area contributed by atoms with Crippen molar-refractivity contribution in [2.75, 3.05) is 19.8 Å². The van der Waals surface area contributed by atoms with E-state index in [0.29, 0.717) is 24.0 Å². The quantitative estimate of drug-likeness (QED) is 0.346. The Labute approximate surface area is 99.0 Å². The Morgan fingerprint density at radius 2 is 2.59 bits per heavy atom. The minimum atomic E-state index is -0.0525. The standard InChI is InChI=1S/C11H15N3O3/c12-11(14-15)10-9(2-1-4-13-10)17-7-8-3-5-16-6-8/h1-2,4,8,15H,3,5-7H2,(H2,12,14). The van der Waals surface area contributed by atoms with Crippen LogP contribution < -0.4 is 10.5 Å². The molecular formula is C11H15N3O3. The predicted molar refractivity (Wildman–Crippen MR) is 61.2 cm³/mol. The average Bonchev–Trinajstić information content (AvgIpc) is 2.89. The Morgan fingerprint density at radius 1 is 1.71 bits per heavy atom. The number of hydrogen-bond acceptors (Lipinski definition) is 5. The van der Waals surface area contributed by atoms with Gasteiger partial charge in [-0.2, -0.15) is 0 Å². The average molecular weight is 237 g/mol. The Bertz CT molecular complexity index is 403. The number of aromatic nitrogens is 1. The SMILES string of the molecule is N/C(=N/O)c1ncccc1OCC1CCOC1. The summed E-state index contributed by atoms with van der Waals surface area (Å²) in [6.07, 6.45) is 2.57. The molecule has 1 atom stereocenters. The van der Waals surface area contributed by atoms with E-state index >= 15 is 0 Å². The van der Waals surface area contributed by atoms with Gasteiger partial charge in [0.15, 0.2) is 11.5 Å². The summed E-state index contributed by atoms with van der Waals surface area (Å²) in [5.41, 5.74) is 5.87. The lowest BCUT2D eigenvalue weighted by molar-refractivity contribution is 0.167. The van der Waals surface area contributed by atoms with Gasteiger partial charge in [0.2, 0.25) is 0 Å². The van der Waals surface area contributed by atoms with E-state index in [1.165, 1.54) is 0 Å². The highest BCUT2D eigenvalue weighted by molar-refractivity contribution is 5.97. The van der Waals surface area contributed by atoms with E-state index in [1.54, 1.807) is 18.3 Å². The Hall–Kier alpha value is -1.82. The number of amidine groups is 1. The van der Waals surface area contributed by atoms with Crippen LogP contribution in [0.5, 0.6) is 5.75 Å². The van der Waals surface area contributed by atoms with Crippen molar-refractivity contribution in [2.24, 2.45) is 16.8 Å². The summed E-state index contributed by atoms with van der Waals surface area (Å²) in [5.74, 6) is 0.869. The summed E-state index contributed by atoms with van der Waals surface area (Å²) < 4.78 is 10.9. The molecule has 6 heteroatoms. The molecule has 1 aliphatic rings. The van der Waals surface area contributed by atoms with Gasteiger partial charge in [-0.15, -0.1) is 0 Å². The molecule has 1 fully saturated rings. The normalized spacial score (nSPS) is 20.5. The molecule has 0 spiro atoms. The van der Waals surface area contributed by atoms with Crippen LogP contribution in [0.1, 0.15) is 12.1 Å². The van der Waals surface area contributed by atoms with Crippen molar-refractivity contribution in [2.45, 2.75) is 6.42 Å². The number of ether oxygens (including phenoxy) is 2. The van der Waals surface area contributed by atoms with E-state index in [-0.39, 0.29) is 5.84 Å². The Kier molecular flexibility index (Phi) is 3.77. The fourth-order valence-corrected chi connectivity index (χ4v) is 1.67. The number of hydrogen-bond donors (Lipinski definition) is 2. The van der Waals surface area contributed by atoms with Crippen LogP contribution in [0.15, 0.2) is 23.5 Å². The van der Waals surface area contributed by atoms with Crippen LogP contribution in [0, 0.1) is 5.92 Å². The number of rotatable bonds is 4. The molecule has 1 aromatic rings. The zero-order valence-corrected chi connectivity index (χ0v) is 9.37. The molecular weight excluding hydrogens is 222 g/mol. The highest BCUT2D eigenvalue weighted by Crippen LogP contribution is 2.18. The number of oxime groups is 1. The summed E-state index contributed by atoms with van der Waals surface area (Å²) in [4.78, 5) is 4.02. The maximum atomic E-state index is 8.64. The van der Waals surface area contributed by atoms with E-state index in [9.17, 15) is 0 Å². The predicted octanol–water partition coefficient (Wildman–Crippen LogP) is 0.591. The van der Waals surface area contributed by atoms with Crippen LogP contribution in [0.25, 0.3) is 0 Å². The van der Waals surface area contributed by atoms with Crippen molar-refractivity contribution in [1.29, 1.82) is 0 Å². The fourth-order valence-electron chi connectivity index (χ4n) is 1.67. The minimum Gasteiger partial charge on any atom is -0.491 e. The van der Waals surface area contributed by atoms with Crippen LogP contribution in [-0.4, -0.2) is 35.8 Å². The first-order chi connectivity index (χ1) is 8.31. The monoisotopic (exact) mass is 237 g/mol. The largest absolute Gasteiger partial charge is 0.491 e. The summed E-state index contributed by atoms with van der Waals surface area (Å²) in [7, 11) is 0. The van der Waals surface area contributed by atoms with E-state index < -0.39 is 0 Å². The second kappa shape index (κ2) is 5.49. The maximum Gasteiger partial charge on any atom is 0.192 e. The van der Waals surface area contributed by atoms with Gasteiger partial charge in [0.25, 0.3) is 0 Å². The first kappa shape index (κ1) is 11.7. The van der Waals surface area contributed by atoms with Crippen LogP contribution in [-0.2, 0) is 4.74 Å². The lowest BCUT2D eigenvalue weighted by atomic mass is 10.1. The lowest BCUT2D eigenvalue weighted by Crippen LogP contribution is -2.18. The number of nitrogens with two attached hydrogens (primary N) is 1.